The van der Waals surface area contributed by atoms with E-state index in [4.69, 9.17) is 18.9 Å². The number of carboxylic acid groups (broad SMARTS) is 1. The average molecular weight is 1110 g/mol. The SMILES string of the molecule is CCCCCCCC/C=C\CCCCCCCCCCCC(=O)OC(COC(=O)CCCCCCCCCCCCCCCCCCCCCCCCCCCCCCCCCCCC)COC(OCC[N+](C)(C)C)C(=O)O. The standard InChI is InChI=1S/C69H133NO8/c1-6-8-10-12-14-16-18-20-22-24-26-27-28-29-30-31-32-33-34-35-36-37-38-39-40-42-43-45-47-49-51-53-55-57-59-66(71)76-63-65(64-77-69(68(73)74)75-62-61-70(3,4)5)78-67(72)60-58-56-54-52-50-48-46-44-41-25-23-21-19-17-15-13-11-9-7-2/h21,23,65,69H,6-20,22,24-64H2,1-5H3/p+1/b23-21-. The predicted molar refractivity (Wildman–Crippen MR) is 332 cm³/mol. The number of carboxylic acids is 1. The molecule has 0 aromatic heterocycles. The molecule has 0 radical (unpaired) electrons. The van der Waals surface area contributed by atoms with Crippen molar-refractivity contribution in [1.29, 1.82) is 0 Å². The Hall–Kier alpha value is -1.97. The molecule has 0 rings (SSSR count). The van der Waals surface area contributed by atoms with E-state index in [9.17, 15) is 19.5 Å². The van der Waals surface area contributed by atoms with E-state index in [0.717, 1.165) is 38.5 Å². The molecule has 78 heavy (non-hydrogen) atoms. The number of carbonyl (C=O) groups is 3. The average Bonchev–Trinajstić information content (AvgIpc) is 3.41. The Morgan fingerprint density at radius 2 is 0.654 bits per heavy atom. The van der Waals surface area contributed by atoms with Gasteiger partial charge in [0.1, 0.15) is 13.2 Å². The van der Waals surface area contributed by atoms with Crippen molar-refractivity contribution < 1.29 is 42.9 Å². The van der Waals surface area contributed by atoms with Gasteiger partial charge in [0.25, 0.3) is 6.29 Å². The molecule has 0 fully saturated rings. The smallest absolute Gasteiger partial charge is 0.361 e. The van der Waals surface area contributed by atoms with E-state index < -0.39 is 18.4 Å². The summed E-state index contributed by atoms with van der Waals surface area (Å²) in [5.74, 6) is -1.98. The van der Waals surface area contributed by atoms with Crippen molar-refractivity contribution in [2.45, 2.75) is 367 Å². The van der Waals surface area contributed by atoms with Crippen LogP contribution in [0.4, 0.5) is 0 Å². The van der Waals surface area contributed by atoms with Crippen LogP contribution in [0.3, 0.4) is 0 Å². The van der Waals surface area contributed by atoms with E-state index >= 15 is 0 Å². The van der Waals surface area contributed by atoms with Gasteiger partial charge in [0.15, 0.2) is 6.10 Å². The van der Waals surface area contributed by atoms with Crippen LogP contribution >= 0.6 is 0 Å². The quantitative estimate of drug-likeness (QED) is 0.0211. The number of hydrogen-bond donors (Lipinski definition) is 1. The highest BCUT2D eigenvalue weighted by atomic mass is 16.7. The fourth-order valence-corrected chi connectivity index (χ4v) is 10.5. The molecule has 0 aliphatic heterocycles. The number of unbranched alkanes of at least 4 members (excludes halogenated alkanes) is 48. The summed E-state index contributed by atoms with van der Waals surface area (Å²) in [4.78, 5) is 37.5. The van der Waals surface area contributed by atoms with Crippen molar-refractivity contribution in [3.63, 3.8) is 0 Å². The zero-order valence-electron chi connectivity index (χ0n) is 52.9. The molecule has 0 spiro atoms. The van der Waals surface area contributed by atoms with Crippen molar-refractivity contribution >= 4 is 17.9 Å². The van der Waals surface area contributed by atoms with Gasteiger partial charge in [-0.05, 0) is 38.5 Å². The Bertz CT molecular complexity index is 1280. The Balaban J connectivity index is 3.99. The lowest BCUT2D eigenvalue weighted by atomic mass is 10.0. The summed E-state index contributed by atoms with van der Waals surface area (Å²) in [7, 11) is 5.99. The van der Waals surface area contributed by atoms with E-state index in [-0.39, 0.29) is 38.2 Å². The largest absolute Gasteiger partial charge is 0.477 e. The Labute approximate surface area is 485 Å². The molecule has 0 saturated heterocycles. The Morgan fingerprint density at radius 1 is 0.372 bits per heavy atom. The van der Waals surface area contributed by atoms with Gasteiger partial charge in [-0.2, -0.15) is 0 Å². The molecule has 0 aliphatic carbocycles. The molecule has 0 amide bonds. The van der Waals surface area contributed by atoms with Crippen LogP contribution in [-0.2, 0) is 33.3 Å². The minimum Gasteiger partial charge on any atom is -0.477 e. The molecule has 0 bridgehead atoms. The summed E-state index contributed by atoms with van der Waals surface area (Å²) < 4.78 is 23.0. The lowest BCUT2D eigenvalue weighted by Crippen LogP contribution is -2.40. The number of allylic oxidation sites excluding steroid dienone is 2. The minimum absolute atomic E-state index is 0.176. The van der Waals surface area contributed by atoms with Crippen molar-refractivity contribution in [2.24, 2.45) is 0 Å². The fourth-order valence-electron chi connectivity index (χ4n) is 10.5. The first-order valence-electron chi connectivity index (χ1n) is 34.4. The van der Waals surface area contributed by atoms with Gasteiger partial charge >= 0.3 is 17.9 Å². The normalized spacial score (nSPS) is 12.7. The van der Waals surface area contributed by atoms with Crippen LogP contribution in [0.1, 0.15) is 354 Å². The van der Waals surface area contributed by atoms with Crippen LogP contribution in [0, 0.1) is 0 Å². The second-order valence-corrected chi connectivity index (χ2v) is 24.8. The molecule has 2 atom stereocenters. The van der Waals surface area contributed by atoms with Gasteiger partial charge in [0, 0.05) is 12.8 Å². The lowest BCUT2D eigenvalue weighted by molar-refractivity contribution is -0.870. The maximum Gasteiger partial charge on any atom is 0.361 e. The molecule has 9 heteroatoms. The van der Waals surface area contributed by atoms with Crippen LogP contribution in [0.25, 0.3) is 0 Å². The summed E-state index contributed by atoms with van der Waals surface area (Å²) in [6, 6.07) is 0. The molecule has 0 aromatic rings. The van der Waals surface area contributed by atoms with E-state index in [1.807, 2.05) is 21.1 Å². The summed E-state index contributed by atoms with van der Waals surface area (Å²) in [5.41, 5.74) is 0. The van der Waals surface area contributed by atoms with Crippen LogP contribution in [0.2, 0.25) is 0 Å². The van der Waals surface area contributed by atoms with Crippen LogP contribution in [0.5, 0.6) is 0 Å². The molecule has 0 saturated carbocycles. The molecule has 0 aliphatic rings. The first-order chi connectivity index (χ1) is 38.1. The Morgan fingerprint density at radius 3 is 0.949 bits per heavy atom. The summed E-state index contributed by atoms with van der Waals surface area (Å²) in [6.07, 6.45) is 70.5. The third-order valence-corrected chi connectivity index (χ3v) is 15.8. The number of nitrogens with zero attached hydrogens (tertiary/aromatic N) is 1. The van der Waals surface area contributed by atoms with Gasteiger partial charge < -0.3 is 28.5 Å². The third kappa shape index (κ3) is 61.6. The number of quaternary nitrogens is 1. The highest BCUT2D eigenvalue weighted by Crippen LogP contribution is 2.19. The first kappa shape index (κ1) is 76.0. The van der Waals surface area contributed by atoms with Gasteiger partial charge in [0.2, 0.25) is 0 Å². The van der Waals surface area contributed by atoms with E-state index in [1.165, 1.54) is 289 Å². The monoisotopic (exact) mass is 1110 g/mol. The number of likely N-dealkylation sites (N-methyl/N-ethyl adjacent to an activating group) is 1. The highest BCUT2D eigenvalue weighted by Gasteiger charge is 2.25. The summed E-state index contributed by atoms with van der Waals surface area (Å²) in [5, 5.41) is 9.73. The molecular formula is C69H134NO8+. The van der Waals surface area contributed by atoms with Gasteiger partial charge in [-0.15, -0.1) is 0 Å². The predicted octanol–water partition coefficient (Wildman–Crippen LogP) is 20.9. The van der Waals surface area contributed by atoms with E-state index in [2.05, 4.69) is 26.0 Å². The number of rotatable bonds is 65. The van der Waals surface area contributed by atoms with E-state index in [0.29, 0.717) is 17.4 Å². The van der Waals surface area contributed by atoms with Crippen molar-refractivity contribution in [3.05, 3.63) is 12.2 Å². The van der Waals surface area contributed by atoms with Gasteiger partial charge in [-0.25, -0.2) is 4.79 Å². The lowest BCUT2D eigenvalue weighted by Gasteiger charge is -2.25. The molecule has 462 valence electrons. The first-order valence-corrected chi connectivity index (χ1v) is 34.4. The zero-order chi connectivity index (χ0) is 56.9. The molecule has 2 unspecified atom stereocenters. The van der Waals surface area contributed by atoms with Gasteiger partial charge in [-0.1, -0.05) is 315 Å². The fraction of sp³-hybridized carbons (Fsp3) is 0.928. The highest BCUT2D eigenvalue weighted by molar-refractivity contribution is 5.71. The maximum atomic E-state index is 12.9. The molecule has 0 aromatic carbocycles. The van der Waals surface area contributed by atoms with E-state index in [1.54, 1.807) is 0 Å². The molecule has 9 nitrogen and oxygen atoms in total. The third-order valence-electron chi connectivity index (χ3n) is 15.8. The van der Waals surface area contributed by atoms with Crippen LogP contribution < -0.4 is 0 Å². The maximum absolute atomic E-state index is 12.9. The Kier molecular flexibility index (Phi) is 59.6. The van der Waals surface area contributed by atoms with Crippen LogP contribution in [-0.4, -0.2) is 87.4 Å². The van der Waals surface area contributed by atoms with Crippen molar-refractivity contribution in [1.82, 2.24) is 0 Å². The molecule has 1 N–H and O–H groups in total. The van der Waals surface area contributed by atoms with Crippen LogP contribution in [0.15, 0.2) is 12.2 Å². The minimum atomic E-state index is -1.51. The second kappa shape index (κ2) is 61.1. The number of esters is 2. The summed E-state index contributed by atoms with van der Waals surface area (Å²) in [6.45, 7) is 4.94. The van der Waals surface area contributed by atoms with Gasteiger partial charge in [-0.3, -0.25) is 9.59 Å². The number of hydrogen-bond acceptors (Lipinski definition) is 7. The number of carbonyl (C=O) groups excluding carboxylic acids is 2. The van der Waals surface area contributed by atoms with Gasteiger partial charge in [0.05, 0.1) is 34.4 Å². The van der Waals surface area contributed by atoms with Crippen molar-refractivity contribution in [2.75, 3.05) is 47.5 Å². The zero-order valence-corrected chi connectivity index (χ0v) is 52.9. The topological polar surface area (TPSA) is 108 Å². The second-order valence-electron chi connectivity index (χ2n) is 24.8. The number of ether oxygens (including phenoxy) is 4. The number of aliphatic carboxylic acids is 1. The summed E-state index contributed by atoms with van der Waals surface area (Å²) >= 11 is 0. The molecule has 0 heterocycles. The molecular weight excluding hydrogens is 971 g/mol. The van der Waals surface area contributed by atoms with Crippen molar-refractivity contribution in [3.8, 4) is 0 Å².